The van der Waals surface area contributed by atoms with E-state index in [0.29, 0.717) is 0 Å². The van der Waals surface area contributed by atoms with Gasteiger partial charge in [-0.15, -0.1) is 5.10 Å². The standard InChI is InChI=1S/C34H26F2N8O9S/c1-16(45)53-26(34(2)32(51)41(13-14-52-34)22-11-12-43(39-22)17-7-10-23(46)42(15-17)33(35)36)29(48)38-21-9-8-20-25(24(21)27(37)47)54-40-28(20)44-30(49)18-5-3-4-6-19(18)31(44)50/h3-12,15,26,33H,13-14H2,1-2H3,(H2,37,47)(H,38,48)/t26-,34+/m0/s1. The number of imide groups is 1. The smallest absolute Gasteiger partial charge is 0.321 e. The molecule has 5 heterocycles. The molecule has 2 aliphatic rings. The van der Waals surface area contributed by atoms with Crippen molar-refractivity contribution in [2.45, 2.75) is 32.1 Å². The molecule has 1 saturated heterocycles. The van der Waals surface area contributed by atoms with Crippen LogP contribution >= 0.6 is 11.5 Å². The molecular formula is C34H26F2N8O9S. The third-order valence-corrected chi connectivity index (χ3v) is 9.66. The van der Waals surface area contributed by atoms with Gasteiger partial charge in [0, 0.05) is 36.8 Å². The summed E-state index contributed by atoms with van der Waals surface area (Å²) in [6, 6.07) is 12.5. The zero-order chi connectivity index (χ0) is 38.6. The van der Waals surface area contributed by atoms with E-state index < -0.39 is 59.3 Å². The maximum Gasteiger partial charge on any atom is 0.321 e. The van der Waals surface area contributed by atoms with Crippen molar-refractivity contribution in [3.8, 4) is 5.69 Å². The number of amides is 5. The van der Waals surface area contributed by atoms with Crippen molar-refractivity contribution in [3.05, 3.63) is 94.0 Å². The molecule has 2 aliphatic heterocycles. The first-order chi connectivity index (χ1) is 25.7. The van der Waals surface area contributed by atoms with Crippen molar-refractivity contribution in [2.75, 3.05) is 28.3 Å². The second kappa shape index (κ2) is 13.4. The zero-order valence-electron chi connectivity index (χ0n) is 28.0. The minimum atomic E-state index is -3.11. The number of ether oxygens (including phenoxy) is 2. The number of nitrogens with two attached hydrogens (primary N) is 1. The van der Waals surface area contributed by atoms with Crippen molar-refractivity contribution in [1.82, 2.24) is 18.7 Å². The van der Waals surface area contributed by atoms with Crippen LogP contribution in [0, 0.1) is 0 Å². The number of pyridine rings is 1. The summed E-state index contributed by atoms with van der Waals surface area (Å²) in [5, 5.41) is 6.99. The summed E-state index contributed by atoms with van der Waals surface area (Å²) < 4.78 is 43.6. The van der Waals surface area contributed by atoms with Crippen molar-refractivity contribution in [2.24, 2.45) is 5.73 Å². The Labute approximate surface area is 305 Å². The van der Waals surface area contributed by atoms with Crippen LogP contribution in [-0.4, -0.2) is 79.1 Å². The summed E-state index contributed by atoms with van der Waals surface area (Å²) in [6.07, 6.45) is 0.307. The van der Waals surface area contributed by atoms with Gasteiger partial charge in [-0.05, 0) is 48.8 Å². The predicted octanol–water partition coefficient (Wildman–Crippen LogP) is 2.63. The molecule has 0 saturated carbocycles. The van der Waals surface area contributed by atoms with Gasteiger partial charge in [0.15, 0.2) is 17.2 Å². The summed E-state index contributed by atoms with van der Waals surface area (Å²) in [6.45, 7) is -1.12. The highest BCUT2D eigenvalue weighted by molar-refractivity contribution is 7.14. The van der Waals surface area contributed by atoms with Crippen LogP contribution in [0.3, 0.4) is 0 Å². The fourth-order valence-electron chi connectivity index (χ4n) is 6.23. The largest absolute Gasteiger partial charge is 0.449 e. The first kappa shape index (κ1) is 35.7. The van der Waals surface area contributed by atoms with Crippen LogP contribution in [0.2, 0.25) is 0 Å². The van der Waals surface area contributed by atoms with Gasteiger partial charge in [0.1, 0.15) is 0 Å². The van der Waals surface area contributed by atoms with Gasteiger partial charge in [-0.25, -0.2) is 9.58 Å². The number of esters is 1. The summed E-state index contributed by atoms with van der Waals surface area (Å²) in [4.78, 5) is 93.4. The molecule has 2 atom stereocenters. The van der Waals surface area contributed by atoms with Crippen LogP contribution in [0.5, 0.6) is 0 Å². The number of morpholine rings is 1. The normalized spacial score (nSPS) is 17.6. The van der Waals surface area contributed by atoms with Gasteiger partial charge < -0.3 is 20.5 Å². The Morgan fingerprint density at radius 1 is 1.02 bits per heavy atom. The Morgan fingerprint density at radius 2 is 1.72 bits per heavy atom. The van der Waals surface area contributed by atoms with Crippen molar-refractivity contribution < 1.29 is 47.0 Å². The Kier molecular flexibility index (Phi) is 8.86. The number of nitrogens with zero attached hydrogens (tertiary/aromatic N) is 6. The van der Waals surface area contributed by atoms with Crippen molar-refractivity contribution in [1.29, 1.82) is 0 Å². The molecule has 5 aromatic rings. The van der Waals surface area contributed by atoms with Crippen LogP contribution in [0.4, 0.5) is 26.1 Å². The van der Waals surface area contributed by atoms with E-state index in [1.165, 1.54) is 49.5 Å². The van der Waals surface area contributed by atoms with Gasteiger partial charge in [-0.2, -0.15) is 13.2 Å². The van der Waals surface area contributed by atoms with Gasteiger partial charge in [0.25, 0.3) is 35.1 Å². The highest BCUT2D eigenvalue weighted by atomic mass is 32.1. The Hall–Kier alpha value is -6.67. The number of benzene rings is 2. The quantitative estimate of drug-likeness (QED) is 0.164. The topological polar surface area (TPSA) is 218 Å². The lowest BCUT2D eigenvalue weighted by Crippen LogP contribution is -2.64. The first-order valence-electron chi connectivity index (χ1n) is 15.9. The fraction of sp³-hybridized carbons (Fsp3) is 0.206. The molecule has 0 spiro atoms. The van der Waals surface area contributed by atoms with Crippen LogP contribution in [0.1, 0.15) is 51.5 Å². The molecule has 5 amide bonds. The second-order valence-corrected chi connectivity index (χ2v) is 12.9. The number of anilines is 3. The molecule has 0 bridgehead atoms. The molecule has 54 heavy (non-hydrogen) atoms. The number of hydrogen-bond donors (Lipinski definition) is 2. The number of rotatable bonds is 9. The highest BCUT2D eigenvalue weighted by Gasteiger charge is 2.54. The molecule has 276 valence electrons. The lowest BCUT2D eigenvalue weighted by atomic mass is 9.94. The van der Waals surface area contributed by atoms with Gasteiger partial charge in [-0.1, -0.05) is 12.1 Å². The first-order valence-corrected chi connectivity index (χ1v) is 16.7. The van der Waals surface area contributed by atoms with E-state index in [2.05, 4.69) is 14.8 Å². The highest BCUT2D eigenvalue weighted by Crippen LogP contribution is 2.39. The Morgan fingerprint density at radius 3 is 2.37 bits per heavy atom. The molecule has 0 unspecified atom stereocenters. The van der Waals surface area contributed by atoms with Crippen LogP contribution < -0.4 is 26.4 Å². The van der Waals surface area contributed by atoms with E-state index >= 15 is 0 Å². The van der Waals surface area contributed by atoms with Crippen LogP contribution in [0.25, 0.3) is 15.8 Å². The molecule has 7 rings (SSSR count). The predicted molar refractivity (Wildman–Crippen MR) is 186 cm³/mol. The number of carbonyl (C=O) groups is 6. The minimum Gasteiger partial charge on any atom is -0.449 e. The molecule has 0 radical (unpaired) electrons. The fourth-order valence-corrected chi connectivity index (χ4v) is 7.15. The lowest BCUT2D eigenvalue weighted by molar-refractivity contribution is -0.183. The number of aromatic nitrogens is 4. The van der Waals surface area contributed by atoms with Gasteiger partial charge >= 0.3 is 12.5 Å². The van der Waals surface area contributed by atoms with Crippen molar-refractivity contribution in [3.63, 3.8) is 0 Å². The third kappa shape index (κ3) is 5.86. The monoisotopic (exact) mass is 760 g/mol. The van der Waals surface area contributed by atoms with Gasteiger partial charge in [-0.3, -0.25) is 43.0 Å². The van der Waals surface area contributed by atoms with Crippen molar-refractivity contribution >= 4 is 74.4 Å². The average molecular weight is 761 g/mol. The molecule has 17 nitrogen and oxygen atoms in total. The molecule has 1 fully saturated rings. The average Bonchev–Trinajstić information content (AvgIpc) is 3.85. The summed E-state index contributed by atoms with van der Waals surface area (Å²) >= 11 is 0.746. The maximum absolute atomic E-state index is 14.1. The number of hydrogen-bond acceptors (Lipinski definition) is 12. The number of fused-ring (bicyclic) bond motifs is 2. The zero-order valence-corrected chi connectivity index (χ0v) is 28.8. The molecule has 3 N–H and O–H groups in total. The summed E-state index contributed by atoms with van der Waals surface area (Å²) in [5.41, 5.74) is 2.69. The number of primary amides is 1. The number of nitrogens with one attached hydrogen (secondary N) is 1. The summed E-state index contributed by atoms with van der Waals surface area (Å²) in [7, 11) is 0. The van der Waals surface area contributed by atoms with E-state index in [1.807, 2.05) is 0 Å². The van der Waals surface area contributed by atoms with E-state index in [1.54, 1.807) is 12.1 Å². The van der Waals surface area contributed by atoms with Crippen LogP contribution in [-0.2, 0) is 23.9 Å². The molecule has 20 heteroatoms. The third-order valence-electron chi connectivity index (χ3n) is 8.79. The number of alkyl halides is 2. The summed E-state index contributed by atoms with van der Waals surface area (Å²) in [5.74, 6) is -5.19. The second-order valence-electron chi connectivity index (χ2n) is 12.1. The van der Waals surface area contributed by atoms with Gasteiger partial charge in [0.05, 0.1) is 45.9 Å². The van der Waals surface area contributed by atoms with E-state index in [9.17, 15) is 42.3 Å². The lowest BCUT2D eigenvalue weighted by Gasteiger charge is -2.41. The molecule has 3 aromatic heterocycles. The molecular weight excluding hydrogens is 734 g/mol. The minimum absolute atomic E-state index is 0.0202. The Balaban J connectivity index is 1.18. The van der Waals surface area contributed by atoms with E-state index in [4.69, 9.17) is 15.2 Å². The van der Waals surface area contributed by atoms with Gasteiger partial charge in [0.2, 0.25) is 6.10 Å². The SMILES string of the molecule is CC(=O)O[C@@H](C(=O)Nc1ccc2c(N3C(=O)c4ccccc4C3=O)nsc2c1C(N)=O)[C@@]1(C)OCCN(c2ccn(-c3ccc(=O)n(C(F)F)c3)n2)C1=O. The van der Waals surface area contributed by atoms with Crippen LogP contribution in [0.15, 0.2) is 71.8 Å². The Bertz CT molecular complexity index is 2460. The van der Waals surface area contributed by atoms with E-state index in [-0.39, 0.29) is 67.5 Å². The molecule has 0 aliphatic carbocycles. The van der Waals surface area contributed by atoms with E-state index in [0.717, 1.165) is 45.2 Å². The molecule has 2 aromatic carbocycles. The number of carbonyl (C=O) groups excluding carboxylic acids is 6. The number of halogens is 2. The maximum atomic E-state index is 14.1.